The molecule has 2 N–H and O–H groups in total. The highest BCUT2D eigenvalue weighted by Crippen LogP contribution is 2.10. The van der Waals surface area contributed by atoms with Crippen LogP contribution in [0.15, 0.2) is 5.16 Å². The molecule has 0 amide bonds. The Morgan fingerprint density at radius 2 is 1.73 bits per heavy atom. The summed E-state index contributed by atoms with van der Waals surface area (Å²) in [5.74, 6) is 0. The van der Waals surface area contributed by atoms with E-state index in [1.165, 1.54) is 12.8 Å². The molecule has 0 saturated heterocycles. The van der Waals surface area contributed by atoms with Gasteiger partial charge in [0, 0.05) is 0 Å². The highest BCUT2D eigenvalue weighted by molar-refractivity contribution is 5.81. The fourth-order valence-electron chi connectivity index (χ4n) is 1.59. The minimum absolute atomic E-state index is 0.136. The van der Waals surface area contributed by atoms with E-state index < -0.39 is 0 Å². The third-order valence-electron chi connectivity index (χ3n) is 2.64. The van der Waals surface area contributed by atoms with Crippen molar-refractivity contribution in [2.75, 3.05) is 0 Å². The molecule has 0 saturated carbocycles. The second kappa shape index (κ2) is 9.97. The second-order valence-electron chi connectivity index (χ2n) is 4.23. The summed E-state index contributed by atoms with van der Waals surface area (Å²) in [6.45, 7) is 3.99. The van der Waals surface area contributed by atoms with Gasteiger partial charge in [-0.05, 0) is 32.6 Å². The molecule has 0 spiro atoms. The summed E-state index contributed by atoms with van der Waals surface area (Å²) in [6, 6.07) is 0. The first-order valence-corrected chi connectivity index (χ1v) is 6.06. The van der Waals surface area contributed by atoms with Crippen molar-refractivity contribution < 1.29 is 10.3 Å². The van der Waals surface area contributed by atoms with Gasteiger partial charge in [0.2, 0.25) is 0 Å². The third kappa shape index (κ3) is 9.73. The molecule has 15 heavy (non-hydrogen) atoms. The summed E-state index contributed by atoms with van der Waals surface area (Å²) in [5.41, 5.74) is 0.774. The molecule has 1 atom stereocenters. The summed E-state index contributed by atoms with van der Waals surface area (Å²) in [4.78, 5) is 0. The monoisotopic (exact) mass is 215 g/mol. The van der Waals surface area contributed by atoms with Gasteiger partial charge in [-0.15, -0.1) is 0 Å². The molecule has 0 aliphatic carbocycles. The van der Waals surface area contributed by atoms with Gasteiger partial charge in [-0.3, -0.25) is 0 Å². The molecule has 0 aromatic carbocycles. The summed E-state index contributed by atoms with van der Waals surface area (Å²) in [6.07, 6.45) is 8.08. The van der Waals surface area contributed by atoms with Crippen molar-refractivity contribution in [3.63, 3.8) is 0 Å². The van der Waals surface area contributed by atoms with Crippen LogP contribution in [0, 0.1) is 0 Å². The molecule has 0 rings (SSSR count). The molecule has 1 unspecified atom stereocenters. The van der Waals surface area contributed by atoms with Crippen LogP contribution >= 0.6 is 0 Å². The fraction of sp³-hybridized carbons (Fsp3) is 0.917. The summed E-state index contributed by atoms with van der Waals surface area (Å²) in [7, 11) is 0. The summed E-state index contributed by atoms with van der Waals surface area (Å²) >= 11 is 0. The number of hydrogen-bond donors (Lipinski definition) is 2. The van der Waals surface area contributed by atoms with Crippen molar-refractivity contribution in [2.24, 2.45) is 5.16 Å². The lowest BCUT2D eigenvalue weighted by molar-refractivity contribution is 0.148. The van der Waals surface area contributed by atoms with E-state index in [1.54, 1.807) is 0 Å². The first-order valence-electron chi connectivity index (χ1n) is 6.06. The van der Waals surface area contributed by atoms with E-state index in [9.17, 15) is 5.11 Å². The molecule has 0 aromatic heterocycles. The molecular weight excluding hydrogens is 190 g/mol. The Labute approximate surface area is 93.2 Å². The smallest absolute Gasteiger partial charge is 0.0540 e. The second-order valence-corrected chi connectivity index (χ2v) is 4.23. The zero-order chi connectivity index (χ0) is 11.5. The van der Waals surface area contributed by atoms with Gasteiger partial charge in [0.1, 0.15) is 0 Å². The van der Waals surface area contributed by atoms with Gasteiger partial charge in [0.25, 0.3) is 0 Å². The van der Waals surface area contributed by atoms with E-state index in [2.05, 4.69) is 12.1 Å². The highest BCUT2D eigenvalue weighted by atomic mass is 16.4. The molecule has 0 heterocycles. The number of rotatable bonds is 9. The normalized spacial score (nSPS) is 14.2. The predicted molar refractivity (Wildman–Crippen MR) is 63.5 cm³/mol. The van der Waals surface area contributed by atoms with Crippen LogP contribution in [0.4, 0.5) is 0 Å². The van der Waals surface area contributed by atoms with Crippen LogP contribution in [0.5, 0.6) is 0 Å². The zero-order valence-corrected chi connectivity index (χ0v) is 10.1. The Morgan fingerprint density at radius 3 is 2.27 bits per heavy atom. The molecule has 0 aliphatic rings. The Balaban J connectivity index is 3.27. The quantitative estimate of drug-likeness (QED) is 0.268. The molecule has 0 aromatic rings. The molecular formula is C12H25NO2. The minimum atomic E-state index is -0.136. The maximum Gasteiger partial charge on any atom is 0.0540 e. The van der Waals surface area contributed by atoms with E-state index in [1.807, 2.05) is 6.92 Å². The number of nitrogens with zero attached hydrogens (tertiary/aromatic N) is 1. The third-order valence-corrected chi connectivity index (χ3v) is 2.64. The van der Waals surface area contributed by atoms with Crippen LogP contribution in [0.25, 0.3) is 0 Å². The van der Waals surface area contributed by atoms with Gasteiger partial charge < -0.3 is 10.3 Å². The van der Waals surface area contributed by atoms with E-state index in [0.717, 1.165) is 44.2 Å². The molecule has 0 bridgehead atoms. The van der Waals surface area contributed by atoms with Gasteiger partial charge in [-0.2, -0.15) is 0 Å². The van der Waals surface area contributed by atoms with Gasteiger partial charge in [0.15, 0.2) is 0 Å². The van der Waals surface area contributed by atoms with Crippen LogP contribution in [0.1, 0.15) is 65.2 Å². The number of unbranched alkanes of at least 4 members (excludes halogenated alkanes) is 3. The topological polar surface area (TPSA) is 52.8 Å². The Morgan fingerprint density at radius 1 is 1.13 bits per heavy atom. The lowest BCUT2D eigenvalue weighted by Gasteiger charge is -2.09. The molecule has 0 fully saturated rings. The molecule has 3 nitrogen and oxygen atoms in total. The molecule has 3 heteroatoms. The Bertz CT molecular complexity index is 169. The lowest BCUT2D eigenvalue weighted by atomic mass is 10.0. The van der Waals surface area contributed by atoms with Crippen molar-refractivity contribution in [1.82, 2.24) is 0 Å². The molecule has 0 aliphatic heterocycles. The molecule has 0 radical (unpaired) electrons. The number of oxime groups is 1. The van der Waals surface area contributed by atoms with Gasteiger partial charge in [0.05, 0.1) is 11.8 Å². The van der Waals surface area contributed by atoms with Crippen molar-refractivity contribution >= 4 is 5.71 Å². The van der Waals surface area contributed by atoms with Crippen LogP contribution < -0.4 is 0 Å². The van der Waals surface area contributed by atoms with Crippen molar-refractivity contribution in [3.05, 3.63) is 0 Å². The number of hydrogen-bond acceptors (Lipinski definition) is 3. The van der Waals surface area contributed by atoms with Crippen molar-refractivity contribution in [1.29, 1.82) is 0 Å². The van der Waals surface area contributed by atoms with Gasteiger partial charge in [-0.1, -0.05) is 37.8 Å². The van der Waals surface area contributed by atoms with Crippen molar-refractivity contribution in [2.45, 2.75) is 71.3 Å². The maximum absolute atomic E-state index is 9.62. The van der Waals surface area contributed by atoms with Crippen LogP contribution in [-0.2, 0) is 0 Å². The van der Waals surface area contributed by atoms with E-state index >= 15 is 0 Å². The molecule has 90 valence electrons. The summed E-state index contributed by atoms with van der Waals surface area (Å²) in [5, 5.41) is 21.2. The largest absolute Gasteiger partial charge is 0.411 e. The summed E-state index contributed by atoms with van der Waals surface area (Å²) < 4.78 is 0. The first kappa shape index (κ1) is 14.4. The standard InChI is InChI=1S/C12H25NO2/c1-3-4-5-9-12(14)10-7-6-8-11(2)13-15/h12,14-15H,3-10H2,1-2H3. The first-order chi connectivity index (χ1) is 7.20. The number of aliphatic hydroxyl groups excluding tert-OH is 1. The van der Waals surface area contributed by atoms with Gasteiger partial charge in [-0.25, -0.2) is 0 Å². The van der Waals surface area contributed by atoms with Crippen LogP contribution in [0.3, 0.4) is 0 Å². The van der Waals surface area contributed by atoms with Crippen LogP contribution in [-0.4, -0.2) is 22.1 Å². The zero-order valence-electron chi connectivity index (χ0n) is 10.1. The SMILES string of the molecule is CCCCCC(O)CCCCC(C)=NO. The van der Waals surface area contributed by atoms with Gasteiger partial charge >= 0.3 is 0 Å². The predicted octanol–water partition coefficient (Wildman–Crippen LogP) is 3.34. The van der Waals surface area contributed by atoms with E-state index in [-0.39, 0.29) is 6.10 Å². The maximum atomic E-state index is 9.62. The number of aliphatic hydroxyl groups is 1. The van der Waals surface area contributed by atoms with E-state index in [0.29, 0.717) is 0 Å². The van der Waals surface area contributed by atoms with Crippen molar-refractivity contribution in [3.8, 4) is 0 Å². The fourth-order valence-corrected chi connectivity index (χ4v) is 1.59. The van der Waals surface area contributed by atoms with E-state index in [4.69, 9.17) is 5.21 Å². The Hall–Kier alpha value is -0.570. The Kier molecular flexibility index (Phi) is 9.59. The average molecular weight is 215 g/mol. The minimum Gasteiger partial charge on any atom is -0.411 e. The van der Waals surface area contributed by atoms with Crippen LogP contribution in [0.2, 0.25) is 0 Å². The highest BCUT2D eigenvalue weighted by Gasteiger charge is 2.03. The lowest BCUT2D eigenvalue weighted by Crippen LogP contribution is -2.06. The average Bonchev–Trinajstić information content (AvgIpc) is 2.24.